The molecule has 0 N–H and O–H groups in total. The predicted octanol–water partition coefficient (Wildman–Crippen LogP) is 3.64. The average molecular weight is 296 g/mol. The summed E-state index contributed by atoms with van der Waals surface area (Å²) in [5.41, 5.74) is 3.04. The van der Waals surface area contributed by atoms with Crippen molar-refractivity contribution in [3.8, 4) is 10.7 Å². The van der Waals surface area contributed by atoms with Crippen LogP contribution in [-0.4, -0.2) is 22.5 Å². The van der Waals surface area contributed by atoms with Crippen LogP contribution in [0.2, 0.25) is 0 Å². The summed E-state index contributed by atoms with van der Waals surface area (Å²) >= 11 is 3.05. The minimum atomic E-state index is -0.337. The van der Waals surface area contributed by atoms with Gasteiger partial charge in [-0.15, -0.1) is 22.7 Å². The van der Waals surface area contributed by atoms with Gasteiger partial charge >= 0.3 is 5.97 Å². The van der Waals surface area contributed by atoms with Gasteiger partial charge in [0.25, 0.3) is 0 Å². The van der Waals surface area contributed by atoms with Gasteiger partial charge in [-0.05, 0) is 19.3 Å². The van der Waals surface area contributed by atoms with E-state index in [1.165, 1.54) is 22.7 Å². The number of hydrogen-bond donors (Lipinski definition) is 0. The van der Waals surface area contributed by atoms with Gasteiger partial charge < -0.3 is 4.74 Å². The summed E-state index contributed by atoms with van der Waals surface area (Å²) in [6, 6.07) is 0. The highest BCUT2D eigenvalue weighted by atomic mass is 32.1. The van der Waals surface area contributed by atoms with Crippen LogP contribution in [0.3, 0.4) is 0 Å². The van der Waals surface area contributed by atoms with E-state index in [1.54, 1.807) is 12.4 Å². The van der Waals surface area contributed by atoms with Crippen LogP contribution < -0.4 is 0 Å². The maximum Gasteiger partial charge on any atom is 0.358 e. The second-order valence-corrected chi connectivity index (χ2v) is 6.29. The summed E-state index contributed by atoms with van der Waals surface area (Å²) in [4.78, 5) is 21.6. The molecule has 0 fully saturated rings. The van der Waals surface area contributed by atoms with Crippen LogP contribution >= 0.6 is 22.7 Å². The van der Waals surface area contributed by atoms with Crippen molar-refractivity contribution < 1.29 is 9.53 Å². The minimum absolute atomic E-state index is 0.337. The molecule has 2 aromatic rings. The van der Waals surface area contributed by atoms with Crippen molar-refractivity contribution in [3.05, 3.63) is 21.5 Å². The molecule has 2 aromatic heterocycles. The summed E-state index contributed by atoms with van der Waals surface area (Å²) in [6.45, 7) is 6.41. The highest BCUT2D eigenvalue weighted by molar-refractivity contribution is 7.15. The number of hydrogen-bond acceptors (Lipinski definition) is 6. The Bertz CT molecular complexity index is 547. The van der Waals surface area contributed by atoms with E-state index in [9.17, 15) is 4.79 Å². The highest BCUT2D eigenvalue weighted by Gasteiger charge is 2.21. The fourth-order valence-electron chi connectivity index (χ4n) is 1.65. The molecule has 0 aliphatic carbocycles. The summed E-state index contributed by atoms with van der Waals surface area (Å²) in [7, 11) is 0. The van der Waals surface area contributed by atoms with E-state index < -0.39 is 0 Å². The first-order chi connectivity index (χ1) is 9.11. The Labute approximate surface area is 120 Å². The number of nitrogens with zero attached hydrogens (tertiary/aromatic N) is 2. The van der Waals surface area contributed by atoms with Gasteiger partial charge in [-0.3, -0.25) is 0 Å². The summed E-state index contributed by atoms with van der Waals surface area (Å²) in [5, 5.41) is 2.73. The molecular weight excluding hydrogens is 280 g/mol. The van der Waals surface area contributed by atoms with Crippen molar-refractivity contribution in [3.63, 3.8) is 0 Å². The van der Waals surface area contributed by atoms with Crippen LogP contribution in [-0.2, 0) is 11.2 Å². The molecule has 0 aromatic carbocycles. The van der Waals surface area contributed by atoms with Crippen molar-refractivity contribution >= 4 is 28.6 Å². The molecule has 0 saturated heterocycles. The lowest BCUT2D eigenvalue weighted by atomic mass is 10.1. The zero-order valence-electron chi connectivity index (χ0n) is 11.2. The third kappa shape index (κ3) is 3.39. The van der Waals surface area contributed by atoms with E-state index in [1.807, 2.05) is 5.38 Å². The molecule has 0 bridgehead atoms. The van der Waals surface area contributed by atoms with Gasteiger partial charge in [0, 0.05) is 10.3 Å². The first-order valence-corrected chi connectivity index (χ1v) is 7.93. The Balaban J connectivity index is 2.36. The lowest BCUT2D eigenvalue weighted by Crippen LogP contribution is -2.08. The van der Waals surface area contributed by atoms with E-state index in [0.717, 1.165) is 22.0 Å². The molecule has 0 atom stereocenters. The Hall–Kier alpha value is -1.27. The average Bonchev–Trinajstić information content (AvgIpc) is 2.96. The zero-order valence-corrected chi connectivity index (χ0v) is 12.8. The second-order valence-electron chi connectivity index (χ2n) is 4.48. The number of thiazole rings is 2. The van der Waals surface area contributed by atoms with Gasteiger partial charge in [0.2, 0.25) is 0 Å². The number of aromatic nitrogens is 2. The third-order valence-electron chi connectivity index (χ3n) is 2.41. The molecular formula is C13H16N2O2S2. The van der Waals surface area contributed by atoms with Crippen LogP contribution in [0.5, 0.6) is 0 Å². The maximum absolute atomic E-state index is 11.9. The zero-order chi connectivity index (χ0) is 13.8. The molecule has 0 spiro atoms. The molecule has 0 unspecified atom stereocenters. The molecule has 2 heterocycles. The van der Waals surface area contributed by atoms with Crippen LogP contribution in [0.1, 0.15) is 36.1 Å². The molecule has 0 amide bonds. The first-order valence-electron chi connectivity index (χ1n) is 6.17. The normalized spacial score (nSPS) is 10.9. The SMILES string of the molecule is CCOC(=O)c1nc(-c2cscn2)sc1CC(C)C. The summed E-state index contributed by atoms with van der Waals surface area (Å²) < 4.78 is 5.07. The molecule has 102 valence electrons. The Morgan fingerprint density at radius 1 is 1.47 bits per heavy atom. The summed E-state index contributed by atoms with van der Waals surface area (Å²) in [5.74, 6) is 0.132. The first kappa shape index (κ1) is 14.1. The maximum atomic E-state index is 11.9. The van der Waals surface area contributed by atoms with Crippen LogP contribution in [0.4, 0.5) is 0 Å². The molecule has 0 aliphatic rings. The molecule has 0 aliphatic heterocycles. The number of esters is 1. The molecule has 19 heavy (non-hydrogen) atoms. The van der Waals surface area contributed by atoms with E-state index >= 15 is 0 Å². The number of rotatable bonds is 5. The molecule has 0 radical (unpaired) electrons. The van der Waals surface area contributed by atoms with E-state index in [4.69, 9.17) is 4.74 Å². The van der Waals surface area contributed by atoms with Gasteiger partial charge in [-0.1, -0.05) is 13.8 Å². The number of carbonyl (C=O) groups excluding carboxylic acids is 1. The third-order valence-corrected chi connectivity index (χ3v) is 4.10. The van der Waals surface area contributed by atoms with Gasteiger partial charge in [0.05, 0.1) is 12.1 Å². The van der Waals surface area contributed by atoms with Crippen molar-refractivity contribution in [2.75, 3.05) is 6.61 Å². The highest BCUT2D eigenvalue weighted by Crippen LogP contribution is 2.30. The molecule has 4 nitrogen and oxygen atoms in total. The van der Waals surface area contributed by atoms with E-state index in [2.05, 4.69) is 23.8 Å². The smallest absolute Gasteiger partial charge is 0.358 e. The van der Waals surface area contributed by atoms with Gasteiger partial charge in [-0.25, -0.2) is 14.8 Å². The topological polar surface area (TPSA) is 52.1 Å². The van der Waals surface area contributed by atoms with Crippen molar-refractivity contribution in [1.82, 2.24) is 9.97 Å². The number of ether oxygens (including phenoxy) is 1. The fourth-order valence-corrected chi connectivity index (χ4v) is 3.49. The minimum Gasteiger partial charge on any atom is -0.461 e. The lowest BCUT2D eigenvalue weighted by molar-refractivity contribution is 0.0519. The van der Waals surface area contributed by atoms with E-state index in [-0.39, 0.29) is 5.97 Å². The van der Waals surface area contributed by atoms with Gasteiger partial charge in [-0.2, -0.15) is 0 Å². The molecule has 0 saturated carbocycles. The predicted molar refractivity (Wildman–Crippen MR) is 77.7 cm³/mol. The quantitative estimate of drug-likeness (QED) is 0.790. The van der Waals surface area contributed by atoms with Crippen molar-refractivity contribution in [2.24, 2.45) is 5.92 Å². The Kier molecular flexibility index (Phi) is 4.66. The van der Waals surface area contributed by atoms with Crippen molar-refractivity contribution in [2.45, 2.75) is 27.2 Å². The van der Waals surface area contributed by atoms with Crippen LogP contribution in [0.15, 0.2) is 10.9 Å². The van der Waals surface area contributed by atoms with Crippen LogP contribution in [0, 0.1) is 5.92 Å². The molecule has 6 heteroatoms. The second kappa shape index (κ2) is 6.25. The standard InChI is InChI=1S/C13H16N2O2S2/c1-4-17-13(16)11-10(5-8(2)3)19-12(15-11)9-6-18-7-14-9/h6-8H,4-5H2,1-3H3. The Morgan fingerprint density at radius 2 is 2.26 bits per heavy atom. The van der Waals surface area contributed by atoms with Gasteiger partial charge in [0.1, 0.15) is 10.7 Å². The van der Waals surface area contributed by atoms with Crippen LogP contribution in [0.25, 0.3) is 10.7 Å². The largest absolute Gasteiger partial charge is 0.461 e. The monoisotopic (exact) mass is 296 g/mol. The molecule has 2 rings (SSSR count). The van der Waals surface area contributed by atoms with Gasteiger partial charge in [0.15, 0.2) is 5.69 Å². The Morgan fingerprint density at radius 3 is 2.84 bits per heavy atom. The lowest BCUT2D eigenvalue weighted by Gasteiger charge is -2.04. The summed E-state index contributed by atoms with van der Waals surface area (Å²) in [6.07, 6.45) is 0.829. The number of carbonyl (C=O) groups is 1. The fraction of sp³-hybridized carbons (Fsp3) is 0.462. The van der Waals surface area contributed by atoms with Crippen molar-refractivity contribution in [1.29, 1.82) is 0 Å². The van der Waals surface area contributed by atoms with E-state index in [0.29, 0.717) is 18.2 Å².